The normalized spacial score (nSPS) is 13.8. The molecular formula is C14H23N3O3. The average molecular weight is 281 g/mol. The third kappa shape index (κ3) is 4.08. The maximum atomic E-state index is 12.3. The Balaban J connectivity index is 2.73. The molecule has 1 heterocycles. The number of likely N-dealkylation sites (N-methyl/N-ethyl adjacent to an activating group) is 1. The molecule has 2 unspecified atom stereocenters. The van der Waals surface area contributed by atoms with E-state index in [4.69, 9.17) is 5.11 Å². The van der Waals surface area contributed by atoms with Crippen molar-refractivity contribution in [1.82, 2.24) is 14.5 Å². The number of nitrogens with zero attached hydrogens (tertiary/aromatic N) is 3. The minimum Gasteiger partial charge on any atom is -0.480 e. The lowest BCUT2D eigenvalue weighted by Gasteiger charge is -2.26. The largest absolute Gasteiger partial charge is 0.480 e. The number of hydrogen-bond donors (Lipinski definition) is 1. The highest BCUT2D eigenvalue weighted by Crippen LogP contribution is 2.19. The quantitative estimate of drug-likeness (QED) is 0.790. The Morgan fingerprint density at radius 2 is 2.10 bits per heavy atom. The summed E-state index contributed by atoms with van der Waals surface area (Å²) in [5.74, 6) is -1.11. The van der Waals surface area contributed by atoms with Crippen molar-refractivity contribution in [2.24, 2.45) is 0 Å². The van der Waals surface area contributed by atoms with Gasteiger partial charge in [0.15, 0.2) is 0 Å². The van der Waals surface area contributed by atoms with Gasteiger partial charge in [0.2, 0.25) is 5.91 Å². The van der Waals surface area contributed by atoms with E-state index in [2.05, 4.69) is 11.9 Å². The van der Waals surface area contributed by atoms with Crippen molar-refractivity contribution in [1.29, 1.82) is 0 Å². The molecule has 1 rings (SSSR count). The molecule has 0 aliphatic heterocycles. The fourth-order valence-corrected chi connectivity index (χ4v) is 2.31. The second-order valence-corrected chi connectivity index (χ2v) is 4.92. The number of rotatable bonds is 8. The Bertz CT molecular complexity index is 431. The Kier molecular flexibility index (Phi) is 6.21. The van der Waals surface area contributed by atoms with Crippen molar-refractivity contribution in [2.45, 2.75) is 51.6 Å². The lowest BCUT2D eigenvalue weighted by molar-refractivity contribution is -0.149. The van der Waals surface area contributed by atoms with Crippen molar-refractivity contribution in [3.63, 3.8) is 0 Å². The van der Waals surface area contributed by atoms with E-state index in [1.54, 1.807) is 26.5 Å². The van der Waals surface area contributed by atoms with Crippen LogP contribution in [0.15, 0.2) is 18.7 Å². The lowest BCUT2D eigenvalue weighted by atomic mass is 10.1. The molecule has 1 aromatic heterocycles. The zero-order valence-corrected chi connectivity index (χ0v) is 12.3. The molecule has 0 saturated carbocycles. The molecule has 6 nitrogen and oxygen atoms in total. The highest BCUT2D eigenvalue weighted by Gasteiger charge is 2.26. The number of aromatic nitrogens is 2. The average Bonchev–Trinajstić information content (AvgIpc) is 2.92. The van der Waals surface area contributed by atoms with Crippen molar-refractivity contribution in [3.8, 4) is 0 Å². The molecule has 0 aromatic carbocycles. The molecule has 0 spiro atoms. The number of imidazole rings is 1. The second kappa shape index (κ2) is 7.67. The maximum absolute atomic E-state index is 12.3. The molecule has 112 valence electrons. The summed E-state index contributed by atoms with van der Waals surface area (Å²) < 4.78 is 1.91. The Morgan fingerprint density at radius 3 is 2.55 bits per heavy atom. The van der Waals surface area contributed by atoms with Crippen molar-refractivity contribution in [3.05, 3.63) is 18.7 Å². The summed E-state index contributed by atoms with van der Waals surface area (Å²) in [6.07, 6.45) is 7.73. The van der Waals surface area contributed by atoms with E-state index in [0.29, 0.717) is 12.8 Å². The van der Waals surface area contributed by atoms with Gasteiger partial charge >= 0.3 is 5.97 Å². The fourth-order valence-electron chi connectivity index (χ4n) is 2.31. The van der Waals surface area contributed by atoms with E-state index < -0.39 is 12.0 Å². The smallest absolute Gasteiger partial charge is 0.326 e. The van der Waals surface area contributed by atoms with Gasteiger partial charge in [-0.25, -0.2) is 9.78 Å². The maximum Gasteiger partial charge on any atom is 0.326 e. The van der Waals surface area contributed by atoms with E-state index in [0.717, 1.165) is 12.8 Å². The number of hydrogen-bond acceptors (Lipinski definition) is 3. The molecule has 0 radical (unpaired) electrons. The first-order valence-electron chi connectivity index (χ1n) is 6.97. The summed E-state index contributed by atoms with van der Waals surface area (Å²) in [4.78, 5) is 28.7. The molecule has 1 N–H and O–H groups in total. The third-order valence-electron chi connectivity index (χ3n) is 3.51. The van der Waals surface area contributed by atoms with Gasteiger partial charge in [-0.3, -0.25) is 4.79 Å². The van der Waals surface area contributed by atoms with Crippen molar-refractivity contribution < 1.29 is 14.7 Å². The van der Waals surface area contributed by atoms with Crippen LogP contribution in [0.1, 0.15) is 45.6 Å². The van der Waals surface area contributed by atoms with E-state index >= 15 is 0 Å². The van der Waals surface area contributed by atoms with Gasteiger partial charge in [0.25, 0.3) is 0 Å². The number of carboxylic acids is 1. The second-order valence-electron chi connectivity index (χ2n) is 4.92. The Hall–Kier alpha value is -1.85. The summed E-state index contributed by atoms with van der Waals surface area (Å²) in [6, 6.07) is -0.726. The van der Waals surface area contributed by atoms with E-state index in [1.807, 2.05) is 10.8 Å². The molecule has 0 aliphatic carbocycles. The highest BCUT2D eigenvalue weighted by molar-refractivity contribution is 5.83. The van der Waals surface area contributed by atoms with Gasteiger partial charge in [-0.2, -0.15) is 0 Å². The molecule has 1 amide bonds. The predicted molar refractivity (Wildman–Crippen MR) is 75.3 cm³/mol. The number of aliphatic carboxylic acids is 1. The summed E-state index contributed by atoms with van der Waals surface area (Å²) in [5.41, 5.74) is 0. The molecule has 2 atom stereocenters. The minimum atomic E-state index is -0.960. The van der Waals surface area contributed by atoms with Crippen LogP contribution >= 0.6 is 0 Å². The van der Waals surface area contributed by atoms with Crippen LogP contribution in [-0.4, -0.2) is 44.5 Å². The van der Waals surface area contributed by atoms with Crippen LogP contribution in [0.4, 0.5) is 0 Å². The summed E-state index contributed by atoms with van der Waals surface area (Å²) in [5, 5.41) is 9.10. The zero-order chi connectivity index (χ0) is 15.1. The van der Waals surface area contributed by atoms with Crippen molar-refractivity contribution >= 4 is 11.9 Å². The highest BCUT2D eigenvalue weighted by atomic mass is 16.4. The summed E-state index contributed by atoms with van der Waals surface area (Å²) in [7, 11) is 1.56. The molecular weight excluding hydrogens is 258 g/mol. The molecule has 20 heavy (non-hydrogen) atoms. The van der Waals surface area contributed by atoms with Gasteiger partial charge in [-0.05, 0) is 12.8 Å². The fraction of sp³-hybridized carbons (Fsp3) is 0.643. The number of carboxylic acid groups (broad SMARTS) is 1. The van der Waals surface area contributed by atoms with E-state index in [9.17, 15) is 9.59 Å². The molecule has 1 aromatic rings. The van der Waals surface area contributed by atoms with Crippen LogP contribution in [0.25, 0.3) is 0 Å². The Morgan fingerprint density at radius 1 is 1.40 bits per heavy atom. The van der Waals surface area contributed by atoms with Crippen LogP contribution in [0.2, 0.25) is 0 Å². The van der Waals surface area contributed by atoms with Crippen LogP contribution in [0.3, 0.4) is 0 Å². The monoisotopic (exact) mass is 281 g/mol. The molecule has 6 heteroatoms. The van der Waals surface area contributed by atoms with Gasteiger partial charge in [0, 0.05) is 31.9 Å². The lowest BCUT2D eigenvalue weighted by Crippen LogP contribution is -2.42. The van der Waals surface area contributed by atoms with Gasteiger partial charge in [0.1, 0.15) is 6.04 Å². The third-order valence-corrected chi connectivity index (χ3v) is 3.51. The SMILES string of the molecule is CCCC(CC(=O)N(C)C(CC)C(=O)O)n1ccnc1. The van der Waals surface area contributed by atoms with E-state index in [1.165, 1.54) is 4.90 Å². The van der Waals surface area contributed by atoms with Gasteiger partial charge < -0.3 is 14.6 Å². The topological polar surface area (TPSA) is 75.4 Å². The van der Waals surface area contributed by atoms with Crippen LogP contribution in [0.5, 0.6) is 0 Å². The molecule has 0 aliphatic rings. The first-order chi connectivity index (χ1) is 9.51. The predicted octanol–water partition coefficient (Wildman–Crippen LogP) is 1.94. The number of amides is 1. The summed E-state index contributed by atoms with van der Waals surface area (Å²) >= 11 is 0. The van der Waals surface area contributed by atoms with Crippen LogP contribution < -0.4 is 0 Å². The summed E-state index contributed by atoms with van der Waals surface area (Å²) in [6.45, 7) is 3.83. The van der Waals surface area contributed by atoms with Gasteiger partial charge in [0.05, 0.1) is 6.33 Å². The van der Waals surface area contributed by atoms with Gasteiger partial charge in [-0.1, -0.05) is 20.3 Å². The molecule has 0 bridgehead atoms. The Labute approximate surface area is 119 Å². The van der Waals surface area contributed by atoms with E-state index in [-0.39, 0.29) is 11.9 Å². The molecule has 0 saturated heterocycles. The zero-order valence-electron chi connectivity index (χ0n) is 12.3. The van der Waals surface area contributed by atoms with Crippen molar-refractivity contribution in [2.75, 3.05) is 7.05 Å². The number of carbonyl (C=O) groups excluding carboxylic acids is 1. The minimum absolute atomic E-state index is 0.0313. The first kappa shape index (κ1) is 16.2. The molecule has 0 fully saturated rings. The van der Waals surface area contributed by atoms with Crippen LogP contribution in [-0.2, 0) is 9.59 Å². The number of carbonyl (C=O) groups is 2. The standard InChI is InChI=1S/C14H23N3O3/c1-4-6-11(17-8-7-15-10-17)9-13(18)16(3)12(5-2)14(19)20/h7-8,10-12H,4-6,9H2,1-3H3,(H,19,20). The van der Waals surface area contributed by atoms with Gasteiger partial charge in [-0.15, -0.1) is 0 Å². The van der Waals surface area contributed by atoms with Crippen LogP contribution in [0, 0.1) is 0 Å². The first-order valence-corrected chi connectivity index (χ1v) is 6.97.